The Labute approximate surface area is 123 Å². The van der Waals surface area contributed by atoms with E-state index in [0.29, 0.717) is 12.6 Å². The highest BCUT2D eigenvalue weighted by Gasteiger charge is 2.12. The Morgan fingerprint density at radius 2 is 1.60 bits per heavy atom. The van der Waals surface area contributed by atoms with Crippen LogP contribution in [0.25, 0.3) is 0 Å². The molecule has 0 saturated carbocycles. The van der Waals surface area contributed by atoms with Crippen LogP contribution in [0.1, 0.15) is 71.6 Å². The second kappa shape index (κ2) is 12.8. The molecule has 0 bridgehead atoms. The zero-order valence-electron chi connectivity index (χ0n) is 13.0. The van der Waals surface area contributed by atoms with Gasteiger partial charge in [-0.05, 0) is 13.3 Å². The van der Waals surface area contributed by atoms with E-state index in [4.69, 9.17) is 9.79 Å². The molecule has 0 radical (unpaired) electrons. The van der Waals surface area contributed by atoms with Gasteiger partial charge in [0.25, 0.3) is 0 Å². The molecule has 0 amide bonds. The first kappa shape index (κ1) is 20.1. The molecule has 0 heterocycles. The molecule has 0 aromatic carbocycles. The summed E-state index contributed by atoms with van der Waals surface area (Å²) in [5, 5.41) is 3.21. The molecule has 0 aromatic heterocycles. The van der Waals surface area contributed by atoms with Gasteiger partial charge in [-0.25, -0.2) is 4.57 Å². The number of hydrogen-bond acceptors (Lipinski definition) is 3. The van der Waals surface area contributed by atoms with Crippen LogP contribution in [0.15, 0.2) is 0 Å². The van der Waals surface area contributed by atoms with Crippen LogP contribution in [0.2, 0.25) is 0 Å². The summed E-state index contributed by atoms with van der Waals surface area (Å²) in [7, 11) is -4.31. The number of phosphoric ester groups is 1. The average molecular weight is 309 g/mol. The van der Waals surface area contributed by atoms with Gasteiger partial charge < -0.3 is 15.1 Å². The lowest BCUT2D eigenvalue weighted by Crippen LogP contribution is -2.29. The zero-order valence-corrected chi connectivity index (χ0v) is 13.9. The van der Waals surface area contributed by atoms with Gasteiger partial charge in [0.05, 0.1) is 6.61 Å². The second-order valence-corrected chi connectivity index (χ2v) is 6.68. The fraction of sp³-hybridized carbons (Fsp3) is 1.00. The molecule has 1 unspecified atom stereocenters. The lowest BCUT2D eigenvalue weighted by atomic mass is 10.1. The summed E-state index contributed by atoms with van der Waals surface area (Å²) in [6.07, 6.45) is 11.6. The Morgan fingerprint density at radius 3 is 2.15 bits per heavy atom. The van der Waals surface area contributed by atoms with E-state index in [9.17, 15) is 4.57 Å². The van der Waals surface area contributed by atoms with Gasteiger partial charge in [-0.2, -0.15) is 0 Å². The van der Waals surface area contributed by atoms with E-state index in [1.54, 1.807) is 0 Å². The van der Waals surface area contributed by atoms with Crippen molar-refractivity contribution in [2.24, 2.45) is 0 Å². The van der Waals surface area contributed by atoms with Gasteiger partial charge in [0.1, 0.15) is 0 Å². The molecule has 1 atom stereocenters. The minimum absolute atomic E-state index is 0.0477. The molecule has 0 spiro atoms. The average Bonchev–Trinajstić information content (AvgIpc) is 2.37. The summed E-state index contributed by atoms with van der Waals surface area (Å²) >= 11 is 0. The number of unbranched alkanes of at least 4 members (excludes halogenated alkanes) is 7. The summed E-state index contributed by atoms with van der Waals surface area (Å²) in [6, 6.07) is 0.371. The van der Waals surface area contributed by atoms with Crippen molar-refractivity contribution < 1.29 is 18.9 Å². The van der Waals surface area contributed by atoms with Gasteiger partial charge >= 0.3 is 7.82 Å². The minimum Gasteiger partial charge on any atom is -0.312 e. The van der Waals surface area contributed by atoms with Gasteiger partial charge in [0.15, 0.2) is 0 Å². The van der Waals surface area contributed by atoms with Crippen molar-refractivity contribution in [2.45, 2.75) is 77.7 Å². The molecular weight excluding hydrogens is 277 g/mol. The highest BCUT2D eigenvalue weighted by Crippen LogP contribution is 2.35. The number of nitrogens with one attached hydrogen (secondary N) is 1. The predicted octanol–water partition coefficient (Wildman–Crippen LogP) is 3.60. The summed E-state index contributed by atoms with van der Waals surface area (Å²) in [4.78, 5) is 17.0. The van der Waals surface area contributed by atoms with Crippen molar-refractivity contribution in [1.82, 2.24) is 5.32 Å². The highest BCUT2D eigenvalue weighted by molar-refractivity contribution is 7.46. The molecule has 0 fully saturated rings. The maximum atomic E-state index is 10.5. The minimum atomic E-state index is -4.31. The van der Waals surface area contributed by atoms with Gasteiger partial charge in [0, 0.05) is 12.6 Å². The van der Waals surface area contributed by atoms with Gasteiger partial charge in [0.2, 0.25) is 0 Å². The maximum absolute atomic E-state index is 10.5. The van der Waals surface area contributed by atoms with E-state index in [1.165, 1.54) is 51.4 Å². The molecule has 3 N–H and O–H groups in total. The standard InChI is InChI=1S/C14H32NO4P/c1-3-4-5-6-7-8-9-10-11-14(2)15-12-13-19-20(16,17)18/h14-15H,3-13H2,1-2H3,(H2,16,17,18). The van der Waals surface area contributed by atoms with E-state index in [0.717, 1.165) is 6.42 Å². The summed E-state index contributed by atoms with van der Waals surface area (Å²) < 4.78 is 14.8. The third-order valence-electron chi connectivity index (χ3n) is 3.35. The van der Waals surface area contributed by atoms with Crippen molar-refractivity contribution >= 4 is 7.82 Å². The smallest absolute Gasteiger partial charge is 0.312 e. The first-order valence-electron chi connectivity index (χ1n) is 7.89. The molecule has 20 heavy (non-hydrogen) atoms. The van der Waals surface area contributed by atoms with Gasteiger partial charge in [-0.15, -0.1) is 0 Å². The highest BCUT2D eigenvalue weighted by atomic mass is 31.2. The summed E-state index contributed by atoms with van der Waals surface area (Å²) in [6.45, 7) is 4.85. The molecule has 0 aromatic rings. The van der Waals surface area contributed by atoms with Crippen LogP contribution in [0.5, 0.6) is 0 Å². The first-order valence-corrected chi connectivity index (χ1v) is 9.42. The van der Waals surface area contributed by atoms with Crippen LogP contribution in [-0.4, -0.2) is 29.0 Å². The van der Waals surface area contributed by atoms with Crippen molar-refractivity contribution in [2.75, 3.05) is 13.2 Å². The summed E-state index contributed by atoms with van der Waals surface area (Å²) in [5.41, 5.74) is 0. The number of phosphoric acid groups is 1. The molecule has 6 heteroatoms. The van der Waals surface area contributed by atoms with Gasteiger partial charge in [-0.1, -0.05) is 58.3 Å². The molecule has 0 saturated heterocycles. The molecule has 122 valence electrons. The van der Waals surface area contributed by atoms with Crippen molar-refractivity contribution in [3.8, 4) is 0 Å². The molecule has 0 rings (SSSR count). The van der Waals surface area contributed by atoms with Crippen molar-refractivity contribution in [1.29, 1.82) is 0 Å². The van der Waals surface area contributed by atoms with E-state index >= 15 is 0 Å². The Morgan fingerprint density at radius 1 is 1.05 bits per heavy atom. The Kier molecular flexibility index (Phi) is 12.8. The third-order valence-corrected chi connectivity index (χ3v) is 3.86. The first-order chi connectivity index (χ1) is 9.45. The lowest BCUT2D eigenvalue weighted by molar-refractivity contribution is 0.195. The monoisotopic (exact) mass is 309 g/mol. The van der Waals surface area contributed by atoms with Crippen molar-refractivity contribution in [3.63, 3.8) is 0 Å². The predicted molar refractivity (Wildman–Crippen MR) is 82.7 cm³/mol. The van der Waals surface area contributed by atoms with Crippen LogP contribution in [0.3, 0.4) is 0 Å². The SMILES string of the molecule is CCCCCCCCCCC(C)NCCOP(=O)(O)O. The fourth-order valence-corrected chi connectivity index (χ4v) is 2.49. The normalized spacial score (nSPS) is 13.6. The van der Waals surface area contributed by atoms with Crippen LogP contribution >= 0.6 is 7.82 Å². The number of rotatable bonds is 14. The van der Waals surface area contributed by atoms with E-state index < -0.39 is 7.82 Å². The van der Waals surface area contributed by atoms with E-state index in [2.05, 4.69) is 23.7 Å². The quantitative estimate of drug-likeness (QED) is 0.337. The van der Waals surface area contributed by atoms with Crippen molar-refractivity contribution in [3.05, 3.63) is 0 Å². The maximum Gasteiger partial charge on any atom is 0.469 e. The van der Waals surface area contributed by atoms with E-state index in [-0.39, 0.29) is 6.61 Å². The topological polar surface area (TPSA) is 78.8 Å². The Bertz CT molecular complexity index is 258. The van der Waals surface area contributed by atoms with Crippen LogP contribution in [0, 0.1) is 0 Å². The Balaban J connectivity index is 3.24. The summed E-state index contributed by atoms with van der Waals surface area (Å²) in [5.74, 6) is 0. The molecule has 0 aliphatic rings. The van der Waals surface area contributed by atoms with Crippen LogP contribution < -0.4 is 5.32 Å². The molecular formula is C14H32NO4P. The molecule has 5 nitrogen and oxygen atoms in total. The fourth-order valence-electron chi connectivity index (χ4n) is 2.16. The third kappa shape index (κ3) is 16.1. The number of hydrogen-bond donors (Lipinski definition) is 3. The zero-order chi connectivity index (χ0) is 15.3. The second-order valence-electron chi connectivity index (χ2n) is 5.44. The molecule has 0 aliphatic heterocycles. The van der Waals surface area contributed by atoms with E-state index in [1.807, 2.05) is 0 Å². The van der Waals surface area contributed by atoms with Gasteiger partial charge in [-0.3, -0.25) is 4.52 Å². The largest absolute Gasteiger partial charge is 0.469 e. The lowest BCUT2D eigenvalue weighted by Gasteiger charge is -2.13. The van der Waals surface area contributed by atoms with Crippen LogP contribution in [-0.2, 0) is 9.09 Å². The van der Waals surface area contributed by atoms with Crippen LogP contribution in [0.4, 0.5) is 0 Å². The molecule has 0 aliphatic carbocycles. The Hall–Kier alpha value is 0.0700.